The Bertz CT molecular complexity index is 542. The third kappa shape index (κ3) is 1.91. The van der Waals surface area contributed by atoms with Crippen molar-refractivity contribution in [1.82, 2.24) is 15.0 Å². The Balaban J connectivity index is 2.09. The van der Waals surface area contributed by atoms with Crippen molar-refractivity contribution >= 4 is 11.6 Å². The van der Waals surface area contributed by atoms with Gasteiger partial charge < -0.3 is 0 Å². The largest absolute Gasteiger partial charge is 0.260 e. The molecule has 0 saturated carbocycles. The zero-order valence-electron chi connectivity index (χ0n) is 9.31. The van der Waals surface area contributed by atoms with Gasteiger partial charge in [0, 0.05) is 23.9 Å². The van der Waals surface area contributed by atoms with E-state index in [1.54, 1.807) is 0 Å². The van der Waals surface area contributed by atoms with E-state index in [0.717, 1.165) is 30.5 Å². The van der Waals surface area contributed by atoms with Crippen LogP contribution in [0.1, 0.15) is 35.6 Å². The van der Waals surface area contributed by atoms with Crippen molar-refractivity contribution in [2.75, 3.05) is 0 Å². The Morgan fingerprint density at radius 2 is 2.24 bits per heavy atom. The lowest BCUT2D eigenvalue weighted by molar-refractivity contribution is 0.595. The summed E-state index contributed by atoms with van der Waals surface area (Å²) in [5, 5.41) is 0.545. The molecule has 17 heavy (non-hydrogen) atoms. The molecule has 1 atom stereocenters. The molecule has 0 aliphatic heterocycles. The molecular weight excluding hydrogens is 234 g/mol. The zero-order valence-corrected chi connectivity index (χ0v) is 10.1. The second kappa shape index (κ2) is 4.41. The van der Waals surface area contributed by atoms with Crippen molar-refractivity contribution in [3.63, 3.8) is 0 Å². The first-order valence-corrected chi connectivity index (χ1v) is 6.13. The van der Waals surface area contributed by atoms with Crippen molar-refractivity contribution in [3.05, 3.63) is 52.8 Å². The van der Waals surface area contributed by atoms with Gasteiger partial charge in [0.2, 0.25) is 0 Å². The molecule has 2 aromatic rings. The molecule has 0 aromatic carbocycles. The first kappa shape index (κ1) is 10.7. The highest BCUT2D eigenvalue weighted by Crippen LogP contribution is 2.36. The minimum absolute atomic E-state index is 0.244. The zero-order chi connectivity index (χ0) is 11.7. The van der Waals surface area contributed by atoms with Crippen LogP contribution in [0.3, 0.4) is 0 Å². The van der Waals surface area contributed by atoms with Crippen LogP contribution in [0.25, 0.3) is 0 Å². The SMILES string of the molecule is Clc1ncncc1C1CCCc2cccnc21. The molecule has 0 spiro atoms. The Morgan fingerprint density at radius 3 is 3.12 bits per heavy atom. The maximum absolute atomic E-state index is 6.15. The lowest BCUT2D eigenvalue weighted by atomic mass is 9.83. The lowest BCUT2D eigenvalue weighted by Crippen LogP contribution is -2.13. The molecule has 2 heterocycles. The van der Waals surface area contributed by atoms with E-state index in [-0.39, 0.29) is 5.92 Å². The number of fused-ring (bicyclic) bond motifs is 1. The smallest absolute Gasteiger partial charge is 0.136 e. The van der Waals surface area contributed by atoms with Gasteiger partial charge in [0.1, 0.15) is 11.5 Å². The van der Waals surface area contributed by atoms with Crippen molar-refractivity contribution in [2.24, 2.45) is 0 Å². The summed E-state index contributed by atoms with van der Waals surface area (Å²) >= 11 is 6.15. The topological polar surface area (TPSA) is 38.7 Å². The number of hydrogen-bond acceptors (Lipinski definition) is 3. The van der Waals surface area contributed by atoms with Gasteiger partial charge in [-0.1, -0.05) is 17.7 Å². The molecule has 1 aliphatic rings. The number of rotatable bonds is 1. The molecule has 3 nitrogen and oxygen atoms in total. The van der Waals surface area contributed by atoms with Crippen molar-refractivity contribution < 1.29 is 0 Å². The summed E-state index contributed by atoms with van der Waals surface area (Å²) in [6.07, 6.45) is 8.46. The average Bonchev–Trinajstić information content (AvgIpc) is 2.39. The molecule has 3 rings (SSSR count). The van der Waals surface area contributed by atoms with Crippen LogP contribution in [-0.2, 0) is 6.42 Å². The predicted molar refractivity (Wildman–Crippen MR) is 66.1 cm³/mol. The van der Waals surface area contributed by atoms with E-state index < -0.39 is 0 Å². The van der Waals surface area contributed by atoms with E-state index in [9.17, 15) is 0 Å². The molecule has 0 saturated heterocycles. The van der Waals surface area contributed by atoms with Crippen LogP contribution in [0, 0.1) is 0 Å². The lowest BCUT2D eigenvalue weighted by Gasteiger charge is -2.24. The predicted octanol–water partition coefficient (Wildman–Crippen LogP) is 2.99. The van der Waals surface area contributed by atoms with Gasteiger partial charge in [-0.3, -0.25) is 4.98 Å². The molecule has 0 radical (unpaired) electrons. The summed E-state index contributed by atoms with van der Waals surface area (Å²) in [5.74, 6) is 0.244. The van der Waals surface area contributed by atoms with Crippen molar-refractivity contribution in [3.8, 4) is 0 Å². The molecule has 0 bridgehead atoms. The fourth-order valence-corrected chi connectivity index (χ4v) is 2.70. The molecule has 4 heteroatoms. The van der Waals surface area contributed by atoms with Gasteiger partial charge in [0.05, 0.1) is 5.69 Å². The average molecular weight is 246 g/mol. The van der Waals surface area contributed by atoms with E-state index in [2.05, 4.69) is 21.0 Å². The molecule has 2 aromatic heterocycles. The number of pyridine rings is 1. The molecule has 0 fully saturated rings. The molecule has 1 aliphatic carbocycles. The van der Waals surface area contributed by atoms with Gasteiger partial charge in [-0.05, 0) is 30.9 Å². The maximum atomic E-state index is 6.15. The van der Waals surface area contributed by atoms with Crippen LogP contribution in [0.4, 0.5) is 0 Å². The van der Waals surface area contributed by atoms with E-state index >= 15 is 0 Å². The normalized spacial score (nSPS) is 18.8. The van der Waals surface area contributed by atoms with Crippen LogP contribution in [0.2, 0.25) is 5.15 Å². The fraction of sp³-hybridized carbons (Fsp3) is 0.308. The maximum Gasteiger partial charge on any atom is 0.136 e. The van der Waals surface area contributed by atoms with Crippen LogP contribution < -0.4 is 0 Å². The van der Waals surface area contributed by atoms with Crippen LogP contribution in [0.15, 0.2) is 30.9 Å². The van der Waals surface area contributed by atoms with Gasteiger partial charge in [0.15, 0.2) is 0 Å². The van der Waals surface area contributed by atoms with Gasteiger partial charge in [-0.25, -0.2) is 9.97 Å². The van der Waals surface area contributed by atoms with E-state index in [1.807, 2.05) is 18.5 Å². The van der Waals surface area contributed by atoms with Crippen molar-refractivity contribution in [2.45, 2.75) is 25.2 Å². The second-order valence-corrected chi connectivity index (χ2v) is 4.62. The van der Waals surface area contributed by atoms with Crippen LogP contribution in [0.5, 0.6) is 0 Å². The van der Waals surface area contributed by atoms with Gasteiger partial charge >= 0.3 is 0 Å². The number of aromatic nitrogens is 3. The highest BCUT2D eigenvalue weighted by Gasteiger charge is 2.25. The minimum Gasteiger partial charge on any atom is -0.260 e. The molecule has 86 valence electrons. The Labute approximate surface area is 105 Å². The Kier molecular flexibility index (Phi) is 2.77. The standard InChI is InChI=1S/C13H12ClN3/c14-13-11(7-15-8-17-13)10-5-1-3-9-4-2-6-16-12(9)10/h2,4,6-8,10H,1,3,5H2. The molecule has 0 N–H and O–H groups in total. The van der Waals surface area contributed by atoms with E-state index in [0.29, 0.717) is 5.15 Å². The third-order valence-corrected chi connectivity index (χ3v) is 3.58. The third-order valence-electron chi connectivity index (χ3n) is 3.26. The summed E-state index contributed by atoms with van der Waals surface area (Å²) < 4.78 is 0. The minimum atomic E-state index is 0.244. The summed E-state index contributed by atoms with van der Waals surface area (Å²) in [5.41, 5.74) is 3.45. The Morgan fingerprint density at radius 1 is 1.29 bits per heavy atom. The summed E-state index contributed by atoms with van der Waals surface area (Å²) in [6, 6.07) is 4.14. The number of aryl methyl sites for hydroxylation is 1. The monoisotopic (exact) mass is 245 g/mol. The fourth-order valence-electron chi connectivity index (χ4n) is 2.47. The van der Waals surface area contributed by atoms with Crippen LogP contribution in [-0.4, -0.2) is 15.0 Å². The van der Waals surface area contributed by atoms with Crippen LogP contribution >= 0.6 is 11.6 Å². The Hall–Kier alpha value is -1.48. The molecule has 1 unspecified atom stereocenters. The van der Waals surface area contributed by atoms with E-state index in [1.165, 1.54) is 11.9 Å². The summed E-state index contributed by atoms with van der Waals surface area (Å²) in [4.78, 5) is 12.6. The first-order chi connectivity index (χ1) is 8.36. The second-order valence-electron chi connectivity index (χ2n) is 4.26. The quantitative estimate of drug-likeness (QED) is 0.725. The van der Waals surface area contributed by atoms with Gasteiger partial charge in [-0.15, -0.1) is 0 Å². The highest BCUT2D eigenvalue weighted by atomic mass is 35.5. The van der Waals surface area contributed by atoms with Gasteiger partial charge in [0.25, 0.3) is 0 Å². The number of hydrogen-bond donors (Lipinski definition) is 0. The summed E-state index contributed by atoms with van der Waals surface area (Å²) in [7, 11) is 0. The first-order valence-electron chi connectivity index (χ1n) is 5.75. The number of nitrogens with zero attached hydrogens (tertiary/aromatic N) is 3. The van der Waals surface area contributed by atoms with Gasteiger partial charge in [-0.2, -0.15) is 0 Å². The number of halogens is 1. The van der Waals surface area contributed by atoms with E-state index in [4.69, 9.17) is 11.6 Å². The van der Waals surface area contributed by atoms with Crippen molar-refractivity contribution in [1.29, 1.82) is 0 Å². The summed E-state index contributed by atoms with van der Waals surface area (Å²) in [6.45, 7) is 0. The molecular formula is C13H12ClN3. The highest BCUT2D eigenvalue weighted by molar-refractivity contribution is 6.30. The molecule has 0 amide bonds.